The van der Waals surface area contributed by atoms with Crippen LogP contribution in [0.2, 0.25) is 0 Å². The predicted octanol–water partition coefficient (Wildman–Crippen LogP) is 1.79. The van der Waals surface area contributed by atoms with E-state index in [0.29, 0.717) is 24.9 Å². The third kappa shape index (κ3) is 2.63. The minimum atomic E-state index is -0.0868. The summed E-state index contributed by atoms with van der Waals surface area (Å²) >= 11 is 0. The van der Waals surface area contributed by atoms with Crippen molar-refractivity contribution in [1.29, 1.82) is 0 Å². The van der Waals surface area contributed by atoms with E-state index in [4.69, 9.17) is 0 Å². The summed E-state index contributed by atoms with van der Waals surface area (Å²) < 4.78 is 0. The Morgan fingerprint density at radius 1 is 1.33 bits per heavy atom. The second kappa shape index (κ2) is 5.24. The summed E-state index contributed by atoms with van der Waals surface area (Å²) in [5.41, 5.74) is 4.00. The minimum Gasteiger partial charge on any atom is -0.358 e. The lowest BCUT2D eigenvalue weighted by Gasteiger charge is -2.23. The van der Waals surface area contributed by atoms with Gasteiger partial charge in [0, 0.05) is 41.2 Å². The molecule has 2 heterocycles. The number of nitrogens with one attached hydrogen (secondary N) is 3. The number of hydrogen-bond donors (Lipinski definition) is 3. The maximum absolute atomic E-state index is 12.3. The van der Waals surface area contributed by atoms with Crippen LogP contribution in [-0.4, -0.2) is 29.4 Å². The highest BCUT2D eigenvalue weighted by atomic mass is 16.2. The van der Waals surface area contributed by atoms with E-state index >= 15 is 0 Å². The number of aryl methyl sites for hydroxylation is 2. The molecule has 110 valence electrons. The van der Waals surface area contributed by atoms with Crippen LogP contribution in [-0.2, 0) is 4.79 Å². The molecule has 0 radical (unpaired) electrons. The van der Waals surface area contributed by atoms with E-state index in [1.54, 1.807) is 0 Å². The Bertz CT molecular complexity index is 708. The number of amides is 2. The highest BCUT2D eigenvalue weighted by Gasteiger charge is 2.20. The minimum absolute atomic E-state index is 0.0138. The zero-order valence-corrected chi connectivity index (χ0v) is 12.2. The number of aromatic amines is 1. The molecule has 3 N–H and O–H groups in total. The normalized spacial score (nSPS) is 18.6. The van der Waals surface area contributed by atoms with E-state index < -0.39 is 0 Å². The van der Waals surface area contributed by atoms with Gasteiger partial charge in [-0.1, -0.05) is 0 Å². The van der Waals surface area contributed by atoms with Crippen molar-refractivity contribution in [3.63, 3.8) is 0 Å². The Balaban J connectivity index is 1.78. The number of H-pyrrole nitrogens is 1. The molecular weight excluding hydrogens is 266 g/mol. The van der Waals surface area contributed by atoms with E-state index in [0.717, 1.165) is 16.6 Å². The highest BCUT2D eigenvalue weighted by molar-refractivity contribution is 5.99. The van der Waals surface area contributed by atoms with E-state index in [9.17, 15) is 9.59 Å². The molecule has 1 fully saturated rings. The molecule has 3 rings (SSSR count). The fourth-order valence-corrected chi connectivity index (χ4v) is 2.73. The monoisotopic (exact) mass is 285 g/mol. The number of aromatic nitrogens is 1. The van der Waals surface area contributed by atoms with Crippen molar-refractivity contribution in [3.8, 4) is 0 Å². The molecule has 1 aromatic heterocycles. The van der Waals surface area contributed by atoms with Crippen molar-refractivity contribution >= 4 is 22.7 Å². The van der Waals surface area contributed by atoms with E-state index in [2.05, 4.69) is 15.6 Å². The molecule has 1 atom stereocenters. The molecule has 1 saturated heterocycles. The van der Waals surface area contributed by atoms with Crippen LogP contribution in [0.5, 0.6) is 0 Å². The topological polar surface area (TPSA) is 74.0 Å². The third-order valence-corrected chi connectivity index (χ3v) is 4.17. The number of carbonyl (C=O) groups excluding carboxylic acids is 2. The first-order chi connectivity index (χ1) is 10.0. The fraction of sp³-hybridized carbons (Fsp3) is 0.375. The van der Waals surface area contributed by atoms with Gasteiger partial charge in [-0.2, -0.15) is 0 Å². The Kier molecular flexibility index (Phi) is 3.41. The van der Waals surface area contributed by atoms with Gasteiger partial charge in [0.25, 0.3) is 5.91 Å². The first-order valence-corrected chi connectivity index (χ1v) is 7.21. The number of carbonyl (C=O) groups is 2. The van der Waals surface area contributed by atoms with Crippen molar-refractivity contribution in [2.75, 3.05) is 6.54 Å². The van der Waals surface area contributed by atoms with Crippen molar-refractivity contribution in [2.45, 2.75) is 32.7 Å². The smallest absolute Gasteiger partial charge is 0.251 e. The van der Waals surface area contributed by atoms with Gasteiger partial charge in [0.15, 0.2) is 0 Å². The largest absolute Gasteiger partial charge is 0.358 e. The average molecular weight is 285 g/mol. The molecule has 5 heteroatoms. The highest BCUT2D eigenvalue weighted by Crippen LogP contribution is 2.22. The van der Waals surface area contributed by atoms with E-state index in [1.807, 2.05) is 32.0 Å². The van der Waals surface area contributed by atoms with Gasteiger partial charge in [0.2, 0.25) is 5.91 Å². The number of rotatable bonds is 2. The van der Waals surface area contributed by atoms with Gasteiger partial charge in [-0.3, -0.25) is 9.59 Å². The maximum Gasteiger partial charge on any atom is 0.251 e. The number of benzene rings is 1. The van der Waals surface area contributed by atoms with Gasteiger partial charge in [-0.15, -0.1) is 0 Å². The molecule has 1 aliphatic heterocycles. The lowest BCUT2D eigenvalue weighted by Crippen LogP contribution is -2.47. The zero-order valence-electron chi connectivity index (χ0n) is 12.2. The van der Waals surface area contributed by atoms with E-state index in [1.165, 1.54) is 5.56 Å². The molecule has 0 saturated carbocycles. The molecule has 2 amide bonds. The van der Waals surface area contributed by atoms with Crippen molar-refractivity contribution in [1.82, 2.24) is 15.6 Å². The van der Waals surface area contributed by atoms with Gasteiger partial charge in [0.05, 0.1) is 0 Å². The standard InChI is InChI=1S/C16H19N3O2/c1-9-10(2)18-14-5-3-11(7-13(9)14)16(21)19-12-4-6-15(20)17-8-12/h3,5,7,12,18H,4,6,8H2,1-2H3,(H,17,20)(H,19,21). The molecule has 0 spiro atoms. The second-order valence-electron chi connectivity index (χ2n) is 5.65. The summed E-state index contributed by atoms with van der Waals surface area (Å²) in [6.45, 7) is 4.58. The quantitative estimate of drug-likeness (QED) is 0.787. The van der Waals surface area contributed by atoms with E-state index in [-0.39, 0.29) is 17.9 Å². The third-order valence-electron chi connectivity index (χ3n) is 4.17. The second-order valence-corrected chi connectivity index (χ2v) is 5.65. The summed E-state index contributed by atoms with van der Waals surface area (Å²) in [6.07, 6.45) is 1.17. The molecule has 21 heavy (non-hydrogen) atoms. The van der Waals surface area contributed by atoms with Crippen molar-refractivity contribution < 1.29 is 9.59 Å². The summed E-state index contributed by atoms with van der Waals surface area (Å²) in [4.78, 5) is 26.7. The summed E-state index contributed by atoms with van der Waals surface area (Å²) in [5.74, 6) is -0.0309. The first kappa shape index (κ1) is 13.7. The number of piperidine rings is 1. The molecular formula is C16H19N3O2. The summed E-state index contributed by atoms with van der Waals surface area (Å²) in [5, 5.41) is 6.84. The molecule has 1 unspecified atom stereocenters. The van der Waals surface area contributed by atoms with Crippen LogP contribution in [0.1, 0.15) is 34.5 Å². The molecule has 2 aromatic rings. The molecule has 5 nitrogen and oxygen atoms in total. The lowest BCUT2D eigenvalue weighted by molar-refractivity contribution is -0.122. The van der Waals surface area contributed by atoms with Crippen LogP contribution in [0.4, 0.5) is 0 Å². The van der Waals surface area contributed by atoms with Crippen LogP contribution in [0.15, 0.2) is 18.2 Å². The predicted molar refractivity (Wildman–Crippen MR) is 81.3 cm³/mol. The molecule has 0 bridgehead atoms. The SMILES string of the molecule is Cc1[nH]c2ccc(C(=O)NC3CCC(=O)NC3)cc2c1C. The summed E-state index contributed by atoms with van der Waals surface area (Å²) in [7, 11) is 0. The fourth-order valence-electron chi connectivity index (χ4n) is 2.73. The zero-order chi connectivity index (χ0) is 15.0. The molecule has 0 aliphatic carbocycles. The van der Waals surface area contributed by atoms with Crippen LogP contribution >= 0.6 is 0 Å². The van der Waals surface area contributed by atoms with Crippen molar-refractivity contribution in [2.24, 2.45) is 0 Å². The first-order valence-electron chi connectivity index (χ1n) is 7.21. The van der Waals surface area contributed by atoms with Crippen molar-refractivity contribution in [3.05, 3.63) is 35.0 Å². The Labute approximate surface area is 123 Å². The van der Waals surface area contributed by atoms with Crippen LogP contribution in [0, 0.1) is 13.8 Å². The Hall–Kier alpha value is -2.30. The van der Waals surface area contributed by atoms with Crippen LogP contribution < -0.4 is 10.6 Å². The van der Waals surface area contributed by atoms with Gasteiger partial charge in [-0.25, -0.2) is 0 Å². The summed E-state index contributed by atoms with van der Waals surface area (Å²) in [6, 6.07) is 5.70. The average Bonchev–Trinajstić information content (AvgIpc) is 2.76. The molecule has 1 aromatic carbocycles. The molecule has 1 aliphatic rings. The van der Waals surface area contributed by atoms with Gasteiger partial charge >= 0.3 is 0 Å². The van der Waals surface area contributed by atoms with Crippen LogP contribution in [0.25, 0.3) is 10.9 Å². The lowest BCUT2D eigenvalue weighted by atomic mass is 10.1. The van der Waals surface area contributed by atoms with Crippen LogP contribution in [0.3, 0.4) is 0 Å². The Morgan fingerprint density at radius 2 is 2.14 bits per heavy atom. The van der Waals surface area contributed by atoms with Gasteiger partial charge in [0.1, 0.15) is 0 Å². The van der Waals surface area contributed by atoms with Gasteiger partial charge in [-0.05, 0) is 44.0 Å². The number of fused-ring (bicyclic) bond motifs is 1. The maximum atomic E-state index is 12.3. The van der Waals surface area contributed by atoms with Gasteiger partial charge < -0.3 is 15.6 Å². The number of hydrogen-bond acceptors (Lipinski definition) is 2. The Morgan fingerprint density at radius 3 is 2.86 bits per heavy atom.